The van der Waals surface area contributed by atoms with Gasteiger partial charge in [-0.3, -0.25) is 10.4 Å². The number of hydrogen-bond donors (Lipinski definition) is 2. The van der Waals surface area contributed by atoms with E-state index in [0.29, 0.717) is 23.6 Å². The number of nitrogens with two attached hydrogens (primary N) is 1. The van der Waals surface area contributed by atoms with Crippen LogP contribution in [0, 0.1) is 17.0 Å². The monoisotopic (exact) mass is 320 g/mol. The summed E-state index contributed by atoms with van der Waals surface area (Å²) in [5, 5.41) is 8.75. The largest absolute Gasteiger partial charge is 0.478 e. The lowest BCUT2D eigenvalue weighted by atomic mass is 10.0. The van der Waals surface area contributed by atoms with Gasteiger partial charge in [-0.25, -0.2) is 19.6 Å². The summed E-state index contributed by atoms with van der Waals surface area (Å²) in [5.41, 5.74) is 1.72. The molecule has 0 aliphatic rings. The molecule has 5 nitrogen and oxygen atoms in total. The van der Waals surface area contributed by atoms with Gasteiger partial charge in [0.25, 0.3) is 0 Å². The minimum Gasteiger partial charge on any atom is -0.478 e. The van der Waals surface area contributed by atoms with Crippen LogP contribution in [0.3, 0.4) is 0 Å². The van der Waals surface area contributed by atoms with Crippen LogP contribution in [0.25, 0.3) is 11.1 Å². The second-order valence-corrected chi connectivity index (χ2v) is 4.97. The molecular formula is C16H18F2N4O. The Morgan fingerprint density at radius 1 is 1.30 bits per heavy atom. The number of benzene rings is 1. The van der Waals surface area contributed by atoms with Crippen LogP contribution >= 0.6 is 0 Å². The quantitative estimate of drug-likeness (QED) is 0.384. The molecule has 0 saturated carbocycles. The van der Waals surface area contributed by atoms with Gasteiger partial charge < -0.3 is 4.74 Å². The van der Waals surface area contributed by atoms with Crippen molar-refractivity contribution in [3.8, 4) is 17.0 Å². The number of hydrogen-bond acceptors (Lipinski definition) is 4. The molecule has 2 rings (SSSR count). The van der Waals surface area contributed by atoms with Crippen molar-refractivity contribution >= 4 is 5.84 Å². The fraction of sp³-hybridized carbons (Fsp3) is 0.250. The van der Waals surface area contributed by atoms with Gasteiger partial charge in [0.2, 0.25) is 5.88 Å². The molecule has 0 radical (unpaired) electrons. The average Bonchev–Trinajstić information content (AvgIpc) is 2.51. The van der Waals surface area contributed by atoms with E-state index in [1.807, 2.05) is 6.92 Å². The van der Waals surface area contributed by atoms with Gasteiger partial charge in [-0.15, -0.1) is 0 Å². The lowest BCUT2D eigenvalue weighted by molar-refractivity contribution is 0.327. The summed E-state index contributed by atoms with van der Waals surface area (Å²) in [6.45, 7) is 4.04. The maximum atomic E-state index is 13.5. The summed E-state index contributed by atoms with van der Waals surface area (Å²) in [7, 11) is 0. The molecule has 2 aromatic rings. The molecule has 1 heterocycles. The summed E-state index contributed by atoms with van der Waals surface area (Å²) >= 11 is 0. The van der Waals surface area contributed by atoms with Gasteiger partial charge in [0.15, 0.2) is 11.6 Å². The lowest BCUT2D eigenvalue weighted by Crippen LogP contribution is -2.34. The van der Waals surface area contributed by atoms with Crippen molar-refractivity contribution in [2.24, 2.45) is 5.84 Å². The van der Waals surface area contributed by atoms with E-state index in [4.69, 9.17) is 16.0 Å². The second kappa shape index (κ2) is 7.15. The van der Waals surface area contributed by atoms with E-state index in [2.05, 4.69) is 4.98 Å². The van der Waals surface area contributed by atoms with Crippen molar-refractivity contribution in [1.82, 2.24) is 9.99 Å². The Kier molecular flexibility index (Phi) is 5.23. The SMILES string of the molecule is CCOc1ncc(CN(N)C(C)=N)cc1-c1ccc(F)c(F)c1. The molecule has 1 aromatic carbocycles. The Morgan fingerprint density at radius 2 is 2.04 bits per heavy atom. The predicted molar refractivity (Wildman–Crippen MR) is 83.9 cm³/mol. The van der Waals surface area contributed by atoms with Crippen LogP contribution in [0.2, 0.25) is 0 Å². The third-order valence-electron chi connectivity index (χ3n) is 3.20. The van der Waals surface area contributed by atoms with E-state index in [0.717, 1.165) is 17.7 Å². The summed E-state index contributed by atoms with van der Waals surface area (Å²) in [4.78, 5) is 4.22. The number of aromatic nitrogens is 1. The summed E-state index contributed by atoms with van der Waals surface area (Å²) in [6.07, 6.45) is 1.58. The molecule has 122 valence electrons. The molecule has 0 spiro atoms. The molecule has 0 bridgehead atoms. The number of nitrogens with zero attached hydrogens (tertiary/aromatic N) is 2. The standard InChI is InChI=1S/C16H18F2N4O/c1-3-23-16-13(12-4-5-14(17)15(18)7-12)6-11(8-21-16)9-22(20)10(2)19/h4-8,19H,3,9,20H2,1-2H3. The number of halogens is 2. The van der Waals surface area contributed by atoms with Crippen LogP contribution in [0.4, 0.5) is 8.78 Å². The molecule has 23 heavy (non-hydrogen) atoms. The molecule has 0 fully saturated rings. The molecule has 0 aliphatic carbocycles. The van der Waals surface area contributed by atoms with E-state index in [9.17, 15) is 8.78 Å². The van der Waals surface area contributed by atoms with Gasteiger partial charge in [0, 0.05) is 11.8 Å². The molecule has 0 aliphatic heterocycles. The Bertz CT molecular complexity index is 721. The first-order chi connectivity index (χ1) is 10.9. The van der Waals surface area contributed by atoms with Crippen molar-refractivity contribution in [2.45, 2.75) is 20.4 Å². The van der Waals surface area contributed by atoms with E-state index in [-0.39, 0.29) is 12.4 Å². The number of hydrazine groups is 1. The number of rotatable bonds is 5. The van der Waals surface area contributed by atoms with E-state index in [1.165, 1.54) is 11.1 Å². The Balaban J connectivity index is 2.44. The van der Waals surface area contributed by atoms with Gasteiger partial charge >= 0.3 is 0 Å². The van der Waals surface area contributed by atoms with Gasteiger partial charge in [-0.2, -0.15) is 0 Å². The third kappa shape index (κ3) is 4.01. The molecule has 1 aromatic heterocycles. The minimum absolute atomic E-state index is 0.202. The van der Waals surface area contributed by atoms with Gasteiger partial charge in [-0.1, -0.05) is 6.07 Å². The number of nitrogens with one attached hydrogen (secondary N) is 1. The van der Waals surface area contributed by atoms with Gasteiger partial charge in [-0.05, 0) is 43.2 Å². The fourth-order valence-corrected chi connectivity index (χ4v) is 2.02. The Morgan fingerprint density at radius 3 is 2.65 bits per heavy atom. The first-order valence-corrected chi connectivity index (χ1v) is 7.07. The van der Waals surface area contributed by atoms with Gasteiger partial charge in [0.1, 0.15) is 5.84 Å². The van der Waals surface area contributed by atoms with E-state index in [1.54, 1.807) is 19.2 Å². The fourth-order valence-electron chi connectivity index (χ4n) is 2.02. The van der Waals surface area contributed by atoms with Crippen molar-refractivity contribution in [3.63, 3.8) is 0 Å². The molecule has 7 heteroatoms. The maximum absolute atomic E-state index is 13.5. The van der Waals surface area contributed by atoms with Crippen LogP contribution in [-0.4, -0.2) is 22.4 Å². The molecular weight excluding hydrogens is 302 g/mol. The molecule has 0 atom stereocenters. The number of pyridine rings is 1. The minimum atomic E-state index is -0.939. The van der Waals surface area contributed by atoms with Crippen LogP contribution in [0.1, 0.15) is 19.4 Å². The highest BCUT2D eigenvalue weighted by Crippen LogP contribution is 2.30. The van der Waals surface area contributed by atoms with Crippen molar-refractivity contribution in [2.75, 3.05) is 6.61 Å². The second-order valence-electron chi connectivity index (χ2n) is 4.97. The summed E-state index contributed by atoms with van der Waals surface area (Å²) < 4.78 is 32.1. The third-order valence-corrected chi connectivity index (χ3v) is 3.20. The lowest BCUT2D eigenvalue weighted by Gasteiger charge is -2.18. The van der Waals surface area contributed by atoms with Crippen LogP contribution < -0.4 is 10.6 Å². The molecule has 0 amide bonds. The van der Waals surface area contributed by atoms with Crippen molar-refractivity contribution in [1.29, 1.82) is 5.41 Å². The highest BCUT2D eigenvalue weighted by molar-refractivity contribution is 5.75. The summed E-state index contributed by atoms with van der Waals surface area (Å²) in [6, 6.07) is 5.36. The van der Waals surface area contributed by atoms with Crippen molar-refractivity contribution < 1.29 is 13.5 Å². The summed E-state index contributed by atoms with van der Waals surface area (Å²) in [5.74, 6) is 4.40. The topological polar surface area (TPSA) is 75.2 Å². The first kappa shape index (κ1) is 16.8. The highest BCUT2D eigenvalue weighted by Gasteiger charge is 2.13. The van der Waals surface area contributed by atoms with Crippen molar-refractivity contribution in [3.05, 3.63) is 47.7 Å². The molecule has 0 unspecified atom stereocenters. The van der Waals surface area contributed by atoms with Crippen LogP contribution in [-0.2, 0) is 6.54 Å². The average molecular weight is 320 g/mol. The van der Waals surface area contributed by atoms with Crippen LogP contribution in [0.15, 0.2) is 30.5 Å². The normalized spacial score (nSPS) is 10.5. The van der Waals surface area contributed by atoms with E-state index >= 15 is 0 Å². The maximum Gasteiger partial charge on any atom is 0.221 e. The smallest absolute Gasteiger partial charge is 0.221 e. The Labute approximate surface area is 133 Å². The van der Waals surface area contributed by atoms with Gasteiger partial charge in [0.05, 0.1) is 13.2 Å². The predicted octanol–water partition coefficient (Wildman–Crippen LogP) is 3.10. The molecule has 0 saturated heterocycles. The Hall–Kier alpha value is -2.54. The zero-order valence-electron chi connectivity index (χ0n) is 12.9. The number of ether oxygens (including phenoxy) is 1. The zero-order chi connectivity index (χ0) is 17.0. The zero-order valence-corrected chi connectivity index (χ0v) is 12.9. The highest BCUT2D eigenvalue weighted by atomic mass is 19.2. The molecule has 3 N–H and O–H groups in total. The first-order valence-electron chi connectivity index (χ1n) is 7.07. The van der Waals surface area contributed by atoms with Crippen LogP contribution in [0.5, 0.6) is 5.88 Å². The van der Waals surface area contributed by atoms with E-state index < -0.39 is 11.6 Å². The number of amidine groups is 1.